The van der Waals surface area contributed by atoms with Gasteiger partial charge in [0.2, 0.25) is 0 Å². The summed E-state index contributed by atoms with van der Waals surface area (Å²) < 4.78 is 10.8. The number of amides is 2. The summed E-state index contributed by atoms with van der Waals surface area (Å²) >= 11 is 0. The monoisotopic (exact) mass is 418 g/mol. The third-order valence-electron chi connectivity index (χ3n) is 5.23. The quantitative estimate of drug-likeness (QED) is 0.695. The molecule has 1 fully saturated rings. The zero-order chi connectivity index (χ0) is 21.8. The minimum Gasteiger partial charge on any atom is -0.493 e. The van der Waals surface area contributed by atoms with E-state index in [1.54, 1.807) is 43.4 Å². The van der Waals surface area contributed by atoms with Gasteiger partial charge in [0.1, 0.15) is 12.1 Å². The van der Waals surface area contributed by atoms with Crippen LogP contribution in [0.1, 0.15) is 5.56 Å². The number of rotatable bonds is 4. The fourth-order valence-corrected chi connectivity index (χ4v) is 3.61. The Morgan fingerprint density at radius 3 is 2.52 bits per heavy atom. The van der Waals surface area contributed by atoms with E-state index >= 15 is 0 Å². The van der Waals surface area contributed by atoms with Crippen molar-refractivity contribution in [2.75, 3.05) is 50.6 Å². The third-order valence-corrected chi connectivity index (χ3v) is 5.23. The fourth-order valence-electron chi connectivity index (χ4n) is 3.61. The summed E-state index contributed by atoms with van der Waals surface area (Å²) in [7, 11) is 3.18. The second-order valence-electron chi connectivity index (χ2n) is 7.02. The highest BCUT2D eigenvalue weighted by atomic mass is 16.5. The number of carbonyl (C=O) groups is 1. The second kappa shape index (κ2) is 8.75. The highest BCUT2D eigenvalue weighted by Crippen LogP contribution is 2.34. The first-order valence-corrected chi connectivity index (χ1v) is 9.80. The van der Waals surface area contributed by atoms with Gasteiger partial charge < -0.3 is 24.6 Å². The van der Waals surface area contributed by atoms with Crippen molar-refractivity contribution >= 4 is 28.4 Å². The predicted octanol–water partition coefficient (Wildman–Crippen LogP) is 2.87. The summed E-state index contributed by atoms with van der Waals surface area (Å²) in [4.78, 5) is 25.4. The van der Waals surface area contributed by atoms with Crippen molar-refractivity contribution in [2.45, 2.75) is 0 Å². The van der Waals surface area contributed by atoms with E-state index < -0.39 is 0 Å². The van der Waals surface area contributed by atoms with Gasteiger partial charge in [-0.1, -0.05) is 6.07 Å². The van der Waals surface area contributed by atoms with Crippen molar-refractivity contribution < 1.29 is 14.3 Å². The number of carbonyl (C=O) groups excluding carboxylic acids is 1. The maximum Gasteiger partial charge on any atom is 0.321 e. The summed E-state index contributed by atoms with van der Waals surface area (Å²) in [5.74, 6) is 2.03. The van der Waals surface area contributed by atoms with Crippen LogP contribution in [0.5, 0.6) is 11.5 Å². The Labute approximate surface area is 179 Å². The SMILES string of the molecule is COc1cc2ncnc(N3CCN(C(=O)Nc4cccc(C#N)c4)CC3)c2cc1OC. The molecule has 0 atom stereocenters. The molecule has 2 heterocycles. The van der Waals surface area contributed by atoms with Crippen LogP contribution in [0.2, 0.25) is 0 Å². The number of nitriles is 1. The number of fused-ring (bicyclic) bond motifs is 1. The molecular formula is C22H22N6O3. The van der Waals surface area contributed by atoms with Gasteiger partial charge in [0.15, 0.2) is 11.5 Å². The highest BCUT2D eigenvalue weighted by molar-refractivity contribution is 5.92. The average Bonchev–Trinajstić information content (AvgIpc) is 2.82. The van der Waals surface area contributed by atoms with Gasteiger partial charge in [-0.3, -0.25) is 0 Å². The van der Waals surface area contributed by atoms with Crippen LogP contribution in [0.15, 0.2) is 42.7 Å². The number of methoxy groups -OCH3 is 2. The van der Waals surface area contributed by atoms with Crippen molar-refractivity contribution in [3.8, 4) is 17.6 Å². The number of aromatic nitrogens is 2. The van der Waals surface area contributed by atoms with Crippen LogP contribution in [0.4, 0.5) is 16.3 Å². The molecule has 1 N–H and O–H groups in total. The summed E-state index contributed by atoms with van der Waals surface area (Å²) in [6, 6.07) is 12.5. The van der Waals surface area contributed by atoms with Crippen molar-refractivity contribution in [3.63, 3.8) is 0 Å². The van der Waals surface area contributed by atoms with Gasteiger partial charge in [0.05, 0.1) is 31.4 Å². The maximum atomic E-state index is 12.6. The molecule has 9 nitrogen and oxygen atoms in total. The van der Waals surface area contributed by atoms with Gasteiger partial charge in [0.25, 0.3) is 0 Å². The van der Waals surface area contributed by atoms with Crippen LogP contribution in [0.3, 0.4) is 0 Å². The molecule has 0 aliphatic carbocycles. The van der Waals surface area contributed by atoms with E-state index in [1.807, 2.05) is 12.1 Å². The fraction of sp³-hybridized carbons (Fsp3) is 0.273. The van der Waals surface area contributed by atoms with E-state index in [1.165, 1.54) is 6.33 Å². The average molecular weight is 418 g/mol. The Balaban J connectivity index is 1.48. The third kappa shape index (κ3) is 4.14. The van der Waals surface area contributed by atoms with Crippen LogP contribution in [-0.2, 0) is 0 Å². The van der Waals surface area contributed by atoms with E-state index in [-0.39, 0.29) is 6.03 Å². The lowest BCUT2D eigenvalue weighted by molar-refractivity contribution is 0.208. The number of hydrogen-bond donors (Lipinski definition) is 1. The first-order chi connectivity index (χ1) is 15.1. The second-order valence-corrected chi connectivity index (χ2v) is 7.02. The van der Waals surface area contributed by atoms with Gasteiger partial charge in [-0.05, 0) is 24.3 Å². The first kappa shape index (κ1) is 20.2. The zero-order valence-corrected chi connectivity index (χ0v) is 17.3. The number of piperazine rings is 1. The van der Waals surface area contributed by atoms with Gasteiger partial charge in [-0.15, -0.1) is 0 Å². The standard InChI is InChI=1S/C22H22N6O3/c1-30-19-11-17-18(12-20(19)31-2)24-14-25-21(17)27-6-8-28(9-7-27)22(29)26-16-5-3-4-15(10-16)13-23/h3-5,10-12,14H,6-9H2,1-2H3,(H,26,29). The number of ether oxygens (including phenoxy) is 2. The first-order valence-electron chi connectivity index (χ1n) is 9.80. The molecule has 0 bridgehead atoms. The number of nitrogens with one attached hydrogen (secondary N) is 1. The molecule has 1 aliphatic rings. The minimum atomic E-state index is -0.186. The minimum absolute atomic E-state index is 0.186. The number of urea groups is 1. The lowest BCUT2D eigenvalue weighted by Gasteiger charge is -2.35. The number of hydrogen-bond acceptors (Lipinski definition) is 7. The van der Waals surface area contributed by atoms with E-state index in [9.17, 15) is 4.79 Å². The zero-order valence-electron chi connectivity index (χ0n) is 17.3. The molecular weight excluding hydrogens is 396 g/mol. The number of anilines is 2. The Morgan fingerprint density at radius 1 is 1.06 bits per heavy atom. The van der Waals surface area contributed by atoms with Crippen molar-refractivity contribution in [1.29, 1.82) is 5.26 Å². The number of nitrogens with zero attached hydrogens (tertiary/aromatic N) is 5. The van der Waals surface area contributed by atoms with Crippen molar-refractivity contribution in [2.24, 2.45) is 0 Å². The van der Waals surface area contributed by atoms with E-state index in [4.69, 9.17) is 14.7 Å². The molecule has 0 unspecified atom stereocenters. The lowest BCUT2D eigenvalue weighted by Crippen LogP contribution is -2.50. The van der Waals surface area contributed by atoms with Gasteiger partial charge in [0, 0.05) is 43.3 Å². The van der Waals surface area contributed by atoms with Crippen LogP contribution >= 0.6 is 0 Å². The maximum absolute atomic E-state index is 12.6. The number of benzene rings is 2. The Hall–Kier alpha value is -4.06. The molecule has 1 saturated heterocycles. The van der Waals surface area contributed by atoms with Crippen molar-refractivity contribution in [1.82, 2.24) is 14.9 Å². The Kier molecular flexibility index (Phi) is 5.71. The summed E-state index contributed by atoms with van der Waals surface area (Å²) in [6.07, 6.45) is 1.53. The van der Waals surface area contributed by atoms with Crippen molar-refractivity contribution in [3.05, 3.63) is 48.3 Å². The molecule has 158 valence electrons. The lowest BCUT2D eigenvalue weighted by atomic mass is 10.2. The normalized spacial score (nSPS) is 13.6. The predicted molar refractivity (Wildman–Crippen MR) is 117 cm³/mol. The van der Waals surface area contributed by atoms with Crippen LogP contribution in [0.25, 0.3) is 10.9 Å². The Morgan fingerprint density at radius 2 is 1.81 bits per heavy atom. The van der Waals surface area contributed by atoms with Crippen LogP contribution in [0, 0.1) is 11.3 Å². The molecule has 9 heteroatoms. The van der Waals surface area contributed by atoms with Gasteiger partial charge in [-0.2, -0.15) is 5.26 Å². The summed E-state index contributed by atoms with van der Waals surface area (Å²) in [5, 5.41) is 12.7. The molecule has 1 aromatic heterocycles. The molecule has 31 heavy (non-hydrogen) atoms. The van der Waals surface area contributed by atoms with Crippen LogP contribution < -0.4 is 19.7 Å². The highest BCUT2D eigenvalue weighted by Gasteiger charge is 2.24. The molecule has 0 spiro atoms. The molecule has 4 rings (SSSR count). The van der Waals surface area contributed by atoms with E-state index in [2.05, 4.69) is 26.3 Å². The van der Waals surface area contributed by atoms with Crippen LogP contribution in [-0.4, -0.2) is 61.3 Å². The van der Waals surface area contributed by atoms with Gasteiger partial charge in [-0.25, -0.2) is 14.8 Å². The molecule has 3 aromatic rings. The smallest absolute Gasteiger partial charge is 0.321 e. The molecule has 0 saturated carbocycles. The topological polar surface area (TPSA) is 104 Å². The largest absolute Gasteiger partial charge is 0.493 e. The summed E-state index contributed by atoms with van der Waals surface area (Å²) in [5.41, 5.74) is 1.87. The Bertz CT molecular complexity index is 1150. The molecule has 1 aliphatic heterocycles. The van der Waals surface area contributed by atoms with E-state index in [0.29, 0.717) is 48.9 Å². The summed E-state index contributed by atoms with van der Waals surface area (Å²) in [6.45, 7) is 2.35. The molecule has 2 aromatic carbocycles. The molecule has 0 radical (unpaired) electrons. The van der Waals surface area contributed by atoms with E-state index in [0.717, 1.165) is 16.7 Å². The molecule has 2 amide bonds. The van der Waals surface area contributed by atoms with Gasteiger partial charge >= 0.3 is 6.03 Å².